The summed E-state index contributed by atoms with van der Waals surface area (Å²) >= 11 is 0. The van der Waals surface area contributed by atoms with Gasteiger partial charge in [-0.25, -0.2) is 0 Å². The molecule has 0 unspecified atom stereocenters. The molecule has 0 aliphatic rings. The second kappa shape index (κ2) is 11.4. The second-order valence-electron chi connectivity index (χ2n) is 3.30. The fraction of sp³-hybridized carbons (Fsp3) is 0.900. The Morgan fingerprint density at radius 1 is 1.27 bits per heavy atom. The third-order valence-electron chi connectivity index (χ3n) is 1.93. The molecule has 0 atom stereocenters. The third kappa shape index (κ3) is 11.3. The van der Waals surface area contributed by atoms with Crippen LogP contribution in [-0.2, 0) is 9.53 Å². The van der Waals surface area contributed by atoms with Crippen molar-refractivity contribution in [2.45, 2.75) is 19.3 Å². The van der Waals surface area contributed by atoms with Crippen molar-refractivity contribution in [3.05, 3.63) is 0 Å². The average molecular weight is 218 g/mol. The van der Waals surface area contributed by atoms with E-state index < -0.39 is 0 Å². The van der Waals surface area contributed by atoms with Crippen molar-refractivity contribution in [1.29, 1.82) is 0 Å². The quantitative estimate of drug-likeness (QED) is 0.432. The lowest BCUT2D eigenvalue weighted by atomic mass is 10.2. The number of carbonyl (C=O) groups is 1. The predicted octanol–water partition coefficient (Wildman–Crippen LogP) is -0.499. The number of hydrogen-bond acceptors (Lipinski definition) is 4. The van der Waals surface area contributed by atoms with Gasteiger partial charge in [0, 0.05) is 26.8 Å². The molecule has 1 amide bonds. The molecule has 5 heteroatoms. The van der Waals surface area contributed by atoms with Crippen LogP contribution in [0, 0.1) is 0 Å². The van der Waals surface area contributed by atoms with Gasteiger partial charge in [0.2, 0.25) is 5.91 Å². The van der Waals surface area contributed by atoms with Gasteiger partial charge < -0.3 is 20.5 Å². The van der Waals surface area contributed by atoms with Gasteiger partial charge in [-0.15, -0.1) is 0 Å². The number of carbonyl (C=O) groups excluding carboxylic acids is 1. The van der Waals surface area contributed by atoms with E-state index in [0.29, 0.717) is 26.2 Å². The number of amides is 1. The van der Waals surface area contributed by atoms with Crippen LogP contribution in [0.15, 0.2) is 0 Å². The van der Waals surface area contributed by atoms with Gasteiger partial charge in [0.1, 0.15) is 0 Å². The number of unbranched alkanes of at least 4 members (excludes halogenated alkanes) is 2. The molecule has 5 nitrogen and oxygen atoms in total. The standard InChI is InChI=1S/C10H22N2O3/c1-15-8-6-11-9-10(14)12-5-3-2-4-7-13/h11,13H,2-9H2,1H3,(H,12,14). The summed E-state index contributed by atoms with van der Waals surface area (Å²) in [6.45, 7) is 2.55. The van der Waals surface area contributed by atoms with Crippen LogP contribution >= 0.6 is 0 Å². The van der Waals surface area contributed by atoms with Crippen molar-refractivity contribution in [1.82, 2.24) is 10.6 Å². The molecule has 90 valence electrons. The lowest BCUT2D eigenvalue weighted by Crippen LogP contribution is -2.35. The fourth-order valence-corrected chi connectivity index (χ4v) is 1.08. The number of nitrogens with one attached hydrogen (secondary N) is 2. The van der Waals surface area contributed by atoms with Gasteiger partial charge in [-0.05, 0) is 19.3 Å². The zero-order valence-electron chi connectivity index (χ0n) is 9.42. The first-order valence-corrected chi connectivity index (χ1v) is 5.38. The lowest BCUT2D eigenvalue weighted by molar-refractivity contribution is -0.120. The minimum atomic E-state index is 0.00935. The molecule has 0 rings (SSSR count). The molecule has 0 aromatic heterocycles. The Morgan fingerprint density at radius 3 is 2.73 bits per heavy atom. The first-order chi connectivity index (χ1) is 7.31. The fourth-order valence-electron chi connectivity index (χ4n) is 1.08. The van der Waals surface area contributed by atoms with E-state index in [4.69, 9.17) is 9.84 Å². The average Bonchev–Trinajstić information content (AvgIpc) is 2.24. The number of aliphatic hydroxyl groups is 1. The van der Waals surface area contributed by atoms with Gasteiger partial charge in [-0.2, -0.15) is 0 Å². The monoisotopic (exact) mass is 218 g/mol. The molecule has 0 aliphatic carbocycles. The molecule has 0 saturated carbocycles. The molecule has 0 radical (unpaired) electrons. The number of aliphatic hydroxyl groups excluding tert-OH is 1. The molecule has 3 N–H and O–H groups in total. The van der Waals surface area contributed by atoms with Gasteiger partial charge in [0.15, 0.2) is 0 Å². The maximum atomic E-state index is 11.2. The predicted molar refractivity (Wildman–Crippen MR) is 58.7 cm³/mol. The Balaban J connectivity index is 3.11. The van der Waals surface area contributed by atoms with E-state index >= 15 is 0 Å². The molecule has 15 heavy (non-hydrogen) atoms. The summed E-state index contributed by atoms with van der Waals surface area (Å²) in [5.74, 6) is 0.00935. The first-order valence-electron chi connectivity index (χ1n) is 5.38. The molecule has 0 aliphatic heterocycles. The van der Waals surface area contributed by atoms with Crippen LogP contribution in [0.3, 0.4) is 0 Å². The van der Waals surface area contributed by atoms with Gasteiger partial charge >= 0.3 is 0 Å². The molecule has 0 fully saturated rings. The highest BCUT2D eigenvalue weighted by Crippen LogP contribution is 1.91. The zero-order valence-corrected chi connectivity index (χ0v) is 9.42. The minimum absolute atomic E-state index is 0.00935. The summed E-state index contributed by atoms with van der Waals surface area (Å²) in [6.07, 6.45) is 2.68. The van der Waals surface area contributed by atoms with E-state index in [0.717, 1.165) is 19.3 Å². The molecular formula is C10H22N2O3. The van der Waals surface area contributed by atoms with Crippen molar-refractivity contribution >= 4 is 5.91 Å². The van der Waals surface area contributed by atoms with Crippen LogP contribution in [0.1, 0.15) is 19.3 Å². The molecule has 0 heterocycles. The molecule has 0 saturated heterocycles. The number of rotatable bonds is 10. The highest BCUT2D eigenvalue weighted by molar-refractivity contribution is 5.77. The SMILES string of the molecule is COCCNCC(=O)NCCCCCO. The Labute approximate surface area is 91.2 Å². The summed E-state index contributed by atoms with van der Waals surface area (Å²) in [6, 6.07) is 0. The van der Waals surface area contributed by atoms with Crippen molar-refractivity contribution < 1.29 is 14.6 Å². The summed E-state index contributed by atoms with van der Waals surface area (Å²) < 4.78 is 4.83. The van der Waals surface area contributed by atoms with E-state index in [1.165, 1.54) is 0 Å². The van der Waals surface area contributed by atoms with Crippen molar-refractivity contribution in [3.8, 4) is 0 Å². The maximum absolute atomic E-state index is 11.2. The smallest absolute Gasteiger partial charge is 0.233 e. The number of ether oxygens (including phenoxy) is 1. The first kappa shape index (κ1) is 14.3. The number of hydrogen-bond donors (Lipinski definition) is 3. The van der Waals surface area contributed by atoms with E-state index in [2.05, 4.69) is 10.6 Å². The second-order valence-corrected chi connectivity index (χ2v) is 3.30. The molecule has 0 spiro atoms. The zero-order chi connectivity index (χ0) is 11.4. The summed E-state index contributed by atoms with van der Waals surface area (Å²) in [7, 11) is 1.63. The van der Waals surface area contributed by atoms with Crippen molar-refractivity contribution in [3.63, 3.8) is 0 Å². The van der Waals surface area contributed by atoms with Crippen molar-refractivity contribution in [2.24, 2.45) is 0 Å². The van der Waals surface area contributed by atoms with Gasteiger partial charge in [-0.3, -0.25) is 4.79 Å². The van der Waals surface area contributed by atoms with Crippen LogP contribution in [-0.4, -0.2) is 51.0 Å². The molecule has 0 bridgehead atoms. The molecular weight excluding hydrogens is 196 g/mol. The highest BCUT2D eigenvalue weighted by atomic mass is 16.5. The largest absolute Gasteiger partial charge is 0.396 e. The Bertz CT molecular complexity index is 154. The summed E-state index contributed by atoms with van der Waals surface area (Å²) in [4.78, 5) is 11.2. The van der Waals surface area contributed by atoms with Gasteiger partial charge in [-0.1, -0.05) is 0 Å². The lowest BCUT2D eigenvalue weighted by Gasteiger charge is -2.05. The van der Waals surface area contributed by atoms with Gasteiger partial charge in [0.25, 0.3) is 0 Å². The van der Waals surface area contributed by atoms with E-state index in [1.807, 2.05) is 0 Å². The number of methoxy groups -OCH3 is 1. The van der Waals surface area contributed by atoms with Crippen LogP contribution in [0.2, 0.25) is 0 Å². The van der Waals surface area contributed by atoms with E-state index in [9.17, 15) is 4.79 Å². The van der Waals surface area contributed by atoms with Crippen molar-refractivity contribution in [2.75, 3.05) is 40.0 Å². The highest BCUT2D eigenvalue weighted by Gasteiger charge is 1.98. The van der Waals surface area contributed by atoms with E-state index in [1.54, 1.807) is 7.11 Å². The summed E-state index contributed by atoms with van der Waals surface area (Å²) in [5.41, 5.74) is 0. The molecule has 0 aromatic carbocycles. The maximum Gasteiger partial charge on any atom is 0.233 e. The Hall–Kier alpha value is -0.650. The Morgan fingerprint density at radius 2 is 2.07 bits per heavy atom. The molecule has 0 aromatic rings. The van der Waals surface area contributed by atoms with Crippen LogP contribution < -0.4 is 10.6 Å². The van der Waals surface area contributed by atoms with E-state index in [-0.39, 0.29) is 12.5 Å². The minimum Gasteiger partial charge on any atom is -0.396 e. The van der Waals surface area contributed by atoms with Crippen LogP contribution in [0.25, 0.3) is 0 Å². The topological polar surface area (TPSA) is 70.6 Å². The summed E-state index contributed by atoms with van der Waals surface area (Å²) in [5, 5.41) is 14.3. The normalized spacial score (nSPS) is 10.3. The van der Waals surface area contributed by atoms with Crippen LogP contribution in [0.4, 0.5) is 0 Å². The van der Waals surface area contributed by atoms with Crippen LogP contribution in [0.5, 0.6) is 0 Å². The van der Waals surface area contributed by atoms with Gasteiger partial charge in [0.05, 0.1) is 13.2 Å². The third-order valence-corrected chi connectivity index (χ3v) is 1.93. The Kier molecular flexibility index (Phi) is 10.9.